The molecule has 0 spiro atoms. The summed E-state index contributed by atoms with van der Waals surface area (Å²) in [4.78, 5) is 16.5. The maximum absolute atomic E-state index is 12.2. The number of aryl methyl sites for hydroxylation is 1. The number of hydrogen-bond acceptors (Lipinski definition) is 2. The van der Waals surface area contributed by atoms with Crippen molar-refractivity contribution in [2.75, 3.05) is 11.9 Å². The highest BCUT2D eigenvalue weighted by atomic mass is 16.2. The van der Waals surface area contributed by atoms with Crippen molar-refractivity contribution in [3.05, 3.63) is 23.9 Å². The van der Waals surface area contributed by atoms with Gasteiger partial charge in [-0.3, -0.25) is 5.32 Å². The number of amides is 2. The zero-order chi connectivity index (χ0) is 15.2. The molecule has 4 aliphatic carbocycles. The van der Waals surface area contributed by atoms with Gasteiger partial charge in [-0.2, -0.15) is 0 Å². The van der Waals surface area contributed by atoms with Gasteiger partial charge in [-0.15, -0.1) is 0 Å². The Bertz CT molecular complexity index is 548. The standard InChI is InChI=1S/C18H25N3O/c1-12-3-2-4-16(20-12)21-17(22)19-11-18-8-13-5-14(9-18)7-15(6-13)10-18/h2-4,13-15H,5-11H2,1H3,(H2,19,20,21,22). The topological polar surface area (TPSA) is 54.0 Å². The van der Waals surface area contributed by atoms with E-state index in [4.69, 9.17) is 0 Å². The molecule has 0 atom stereocenters. The lowest BCUT2D eigenvalue weighted by Crippen LogP contribution is -2.51. The van der Waals surface area contributed by atoms with E-state index in [-0.39, 0.29) is 6.03 Å². The number of aromatic nitrogens is 1. The number of pyridine rings is 1. The number of carbonyl (C=O) groups is 1. The van der Waals surface area contributed by atoms with Crippen molar-refractivity contribution in [1.29, 1.82) is 0 Å². The molecule has 0 radical (unpaired) electrons. The molecule has 4 saturated carbocycles. The van der Waals surface area contributed by atoms with Gasteiger partial charge < -0.3 is 5.32 Å². The molecule has 4 nitrogen and oxygen atoms in total. The fourth-order valence-electron chi connectivity index (χ4n) is 5.55. The molecule has 22 heavy (non-hydrogen) atoms. The van der Waals surface area contributed by atoms with Crippen LogP contribution in [0.5, 0.6) is 0 Å². The van der Waals surface area contributed by atoms with Gasteiger partial charge in [-0.25, -0.2) is 9.78 Å². The van der Waals surface area contributed by atoms with E-state index in [1.54, 1.807) is 0 Å². The summed E-state index contributed by atoms with van der Waals surface area (Å²) in [6.45, 7) is 2.76. The number of nitrogens with zero attached hydrogens (tertiary/aromatic N) is 1. The molecule has 1 heterocycles. The first-order chi connectivity index (χ1) is 10.6. The summed E-state index contributed by atoms with van der Waals surface area (Å²) >= 11 is 0. The molecule has 118 valence electrons. The number of nitrogens with one attached hydrogen (secondary N) is 2. The highest BCUT2D eigenvalue weighted by Crippen LogP contribution is 2.59. The summed E-state index contributed by atoms with van der Waals surface area (Å²) < 4.78 is 0. The molecule has 1 aromatic heterocycles. The van der Waals surface area contributed by atoms with Crippen LogP contribution in [0.15, 0.2) is 18.2 Å². The van der Waals surface area contributed by atoms with E-state index < -0.39 is 0 Å². The van der Waals surface area contributed by atoms with E-state index in [9.17, 15) is 4.79 Å². The van der Waals surface area contributed by atoms with E-state index in [1.807, 2.05) is 25.1 Å². The molecular formula is C18H25N3O. The molecule has 4 bridgehead atoms. The van der Waals surface area contributed by atoms with Gasteiger partial charge in [0.15, 0.2) is 0 Å². The SMILES string of the molecule is Cc1cccc(NC(=O)NCC23CC4CC(CC(C4)C2)C3)n1. The maximum Gasteiger partial charge on any atom is 0.320 e. The van der Waals surface area contributed by atoms with Crippen LogP contribution in [0.3, 0.4) is 0 Å². The quantitative estimate of drug-likeness (QED) is 0.893. The third-order valence-corrected chi connectivity index (χ3v) is 5.92. The van der Waals surface area contributed by atoms with Gasteiger partial charge >= 0.3 is 6.03 Å². The Morgan fingerprint density at radius 2 is 1.82 bits per heavy atom. The van der Waals surface area contributed by atoms with Crippen molar-refractivity contribution in [3.63, 3.8) is 0 Å². The second-order valence-corrected chi connectivity index (χ2v) is 7.89. The largest absolute Gasteiger partial charge is 0.337 e. The monoisotopic (exact) mass is 299 g/mol. The average Bonchev–Trinajstić information content (AvgIpc) is 2.44. The molecule has 5 rings (SSSR count). The lowest BCUT2D eigenvalue weighted by atomic mass is 9.49. The van der Waals surface area contributed by atoms with Crippen molar-refractivity contribution in [2.24, 2.45) is 23.2 Å². The van der Waals surface area contributed by atoms with Crippen molar-refractivity contribution < 1.29 is 4.79 Å². The molecule has 4 fully saturated rings. The summed E-state index contributed by atoms with van der Waals surface area (Å²) in [5, 5.41) is 5.97. The van der Waals surface area contributed by atoms with Gasteiger partial charge in [0.1, 0.15) is 5.82 Å². The molecule has 0 saturated heterocycles. The third-order valence-electron chi connectivity index (χ3n) is 5.92. The van der Waals surface area contributed by atoms with Gasteiger partial charge in [-0.1, -0.05) is 6.07 Å². The van der Waals surface area contributed by atoms with Crippen LogP contribution in [0.25, 0.3) is 0 Å². The predicted molar refractivity (Wildman–Crippen MR) is 86.6 cm³/mol. The predicted octanol–water partition coefficient (Wildman–Crippen LogP) is 3.73. The van der Waals surface area contributed by atoms with Gasteiger partial charge in [-0.05, 0) is 80.8 Å². The minimum atomic E-state index is -0.117. The highest BCUT2D eigenvalue weighted by molar-refractivity contribution is 5.88. The molecule has 1 aromatic rings. The molecule has 4 aliphatic rings. The first-order valence-electron chi connectivity index (χ1n) is 8.59. The smallest absolute Gasteiger partial charge is 0.320 e. The maximum atomic E-state index is 12.2. The zero-order valence-corrected chi connectivity index (χ0v) is 13.3. The second-order valence-electron chi connectivity index (χ2n) is 7.89. The molecule has 2 N–H and O–H groups in total. The summed E-state index contributed by atoms with van der Waals surface area (Å²) in [6.07, 6.45) is 8.29. The first kappa shape index (κ1) is 14.0. The Hall–Kier alpha value is -1.58. The average molecular weight is 299 g/mol. The first-order valence-corrected chi connectivity index (χ1v) is 8.59. The number of urea groups is 1. The van der Waals surface area contributed by atoms with E-state index in [0.717, 1.165) is 30.0 Å². The Labute approximate surface area is 132 Å². The Kier molecular flexibility index (Phi) is 3.35. The Morgan fingerprint density at radius 3 is 2.41 bits per heavy atom. The lowest BCUT2D eigenvalue weighted by Gasteiger charge is -2.56. The van der Waals surface area contributed by atoms with Crippen LogP contribution in [0, 0.1) is 30.1 Å². The fourth-order valence-corrected chi connectivity index (χ4v) is 5.55. The van der Waals surface area contributed by atoms with Crippen LogP contribution < -0.4 is 10.6 Å². The van der Waals surface area contributed by atoms with Crippen molar-refractivity contribution in [1.82, 2.24) is 10.3 Å². The van der Waals surface area contributed by atoms with Gasteiger partial charge in [0, 0.05) is 12.2 Å². The summed E-state index contributed by atoms with van der Waals surface area (Å²) in [5.41, 5.74) is 1.30. The van der Waals surface area contributed by atoms with Crippen LogP contribution in [0.2, 0.25) is 0 Å². The van der Waals surface area contributed by atoms with Crippen molar-refractivity contribution >= 4 is 11.8 Å². The van der Waals surface area contributed by atoms with Crippen LogP contribution in [-0.2, 0) is 0 Å². The summed E-state index contributed by atoms with van der Waals surface area (Å²) in [5.74, 6) is 3.40. The number of hydrogen-bond donors (Lipinski definition) is 2. The zero-order valence-electron chi connectivity index (χ0n) is 13.3. The second kappa shape index (κ2) is 5.25. The van der Waals surface area contributed by atoms with E-state index in [2.05, 4.69) is 15.6 Å². The minimum Gasteiger partial charge on any atom is -0.337 e. The lowest BCUT2D eigenvalue weighted by molar-refractivity contribution is -0.0496. The minimum absolute atomic E-state index is 0.117. The van der Waals surface area contributed by atoms with Gasteiger partial charge in [0.2, 0.25) is 0 Å². The molecule has 2 amide bonds. The number of carbonyl (C=O) groups excluding carboxylic acids is 1. The Balaban J connectivity index is 1.35. The van der Waals surface area contributed by atoms with Crippen LogP contribution in [0.1, 0.15) is 44.2 Å². The van der Waals surface area contributed by atoms with E-state index >= 15 is 0 Å². The molecule has 4 heteroatoms. The molecule has 0 aliphatic heterocycles. The van der Waals surface area contributed by atoms with E-state index in [0.29, 0.717) is 11.2 Å². The van der Waals surface area contributed by atoms with Gasteiger partial charge in [0.05, 0.1) is 0 Å². The third kappa shape index (κ3) is 2.71. The van der Waals surface area contributed by atoms with Crippen LogP contribution >= 0.6 is 0 Å². The van der Waals surface area contributed by atoms with Gasteiger partial charge in [0.25, 0.3) is 0 Å². The number of anilines is 1. The molecular weight excluding hydrogens is 274 g/mol. The summed E-state index contributed by atoms with van der Waals surface area (Å²) in [6, 6.07) is 5.56. The van der Waals surface area contributed by atoms with Crippen LogP contribution in [-0.4, -0.2) is 17.6 Å². The molecule has 0 unspecified atom stereocenters. The highest BCUT2D eigenvalue weighted by Gasteiger charge is 2.50. The van der Waals surface area contributed by atoms with Crippen LogP contribution in [0.4, 0.5) is 10.6 Å². The molecule has 0 aromatic carbocycles. The van der Waals surface area contributed by atoms with E-state index in [1.165, 1.54) is 38.5 Å². The van der Waals surface area contributed by atoms with Crippen molar-refractivity contribution in [3.8, 4) is 0 Å². The normalized spacial score (nSPS) is 35.4. The van der Waals surface area contributed by atoms with Crippen molar-refractivity contribution in [2.45, 2.75) is 45.4 Å². The number of rotatable bonds is 3. The Morgan fingerprint density at radius 1 is 1.18 bits per heavy atom. The fraction of sp³-hybridized carbons (Fsp3) is 0.667. The summed E-state index contributed by atoms with van der Waals surface area (Å²) in [7, 11) is 0.